The Morgan fingerprint density at radius 1 is 0.920 bits per heavy atom. The Hall–Kier alpha value is -2.95. The number of hydrogen-bond donors (Lipinski definition) is 2. The summed E-state index contributed by atoms with van der Waals surface area (Å²) in [5, 5.41) is 14.5. The molecule has 0 spiro atoms. The SMILES string of the molecule is CCc1ccc(Nc2nncc(NCCCc3ccccc3)n2)cc1. The van der Waals surface area contributed by atoms with Crippen LogP contribution in [0, 0.1) is 0 Å². The van der Waals surface area contributed by atoms with Gasteiger partial charge in [0.2, 0.25) is 5.95 Å². The number of benzene rings is 2. The minimum absolute atomic E-state index is 0.498. The quantitative estimate of drug-likeness (QED) is 0.604. The second-order valence-electron chi connectivity index (χ2n) is 5.86. The van der Waals surface area contributed by atoms with E-state index in [-0.39, 0.29) is 0 Å². The predicted molar refractivity (Wildman–Crippen MR) is 102 cm³/mol. The van der Waals surface area contributed by atoms with Gasteiger partial charge in [0.05, 0.1) is 6.20 Å². The van der Waals surface area contributed by atoms with Gasteiger partial charge in [0.1, 0.15) is 0 Å². The molecule has 0 unspecified atom stereocenters. The van der Waals surface area contributed by atoms with E-state index >= 15 is 0 Å². The molecule has 5 heteroatoms. The van der Waals surface area contributed by atoms with Crippen LogP contribution >= 0.6 is 0 Å². The Morgan fingerprint density at radius 3 is 2.48 bits per heavy atom. The van der Waals surface area contributed by atoms with Crippen LogP contribution in [0.4, 0.5) is 17.5 Å². The van der Waals surface area contributed by atoms with Crippen LogP contribution in [0.3, 0.4) is 0 Å². The molecule has 3 rings (SSSR count). The van der Waals surface area contributed by atoms with E-state index in [1.165, 1.54) is 11.1 Å². The number of aromatic nitrogens is 3. The topological polar surface area (TPSA) is 62.7 Å². The summed E-state index contributed by atoms with van der Waals surface area (Å²) in [7, 11) is 0. The molecule has 1 aromatic heterocycles. The molecule has 0 atom stereocenters. The van der Waals surface area contributed by atoms with E-state index in [0.717, 1.165) is 37.3 Å². The van der Waals surface area contributed by atoms with Crippen LogP contribution < -0.4 is 10.6 Å². The molecule has 0 saturated heterocycles. The van der Waals surface area contributed by atoms with Crippen LogP contribution in [0.2, 0.25) is 0 Å². The Labute approximate surface area is 148 Å². The van der Waals surface area contributed by atoms with E-state index < -0.39 is 0 Å². The van der Waals surface area contributed by atoms with Crippen molar-refractivity contribution < 1.29 is 0 Å². The van der Waals surface area contributed by atoms with E-state index in [2.05, 4.69) is 69.1 Å². The summed E-state index contributed by atoms with van der Waals surface area (Å²) in [5.41, 5.74) is 3.61. The summed E-state index contributed by atoms with van der Waals surface area (Å²) in [5.74, 6) is 1.23. The normalized spacial score (nSPS) is 10.4. The maximum absolute atomic E-state index is 4.46. The molecular formula is C20H23N5. The second-order valence-corrected chi connectivity index (χ2v) is 5.86. The lowest BCUT2D eigenvalue weighted by molar-refractivity contribution is 0.853. The van der Waals surface area contributed by atoms with Crippen molar-refractivity contribution in [3.05, 3.63) is 71.9 Å². The number of rotatable bonds is 8. The molecule has 128 valence electrons. The van der Waals surface area contributed by atoms with Crippen LogP contribution in [0.1, 0.15) is 24.5 Å². The molecule has 0 aliphatic rings. The van der Waals surface area contributed by atoms with E-state index in [0.29, 0.717) is 5.95 Å². The van der Waals surface area contributed by atoms with Gasteiger partial charge in [-0.2, -0.15) is 10.1 Å². The zero-order valence-corrected chi connectivity index (χ0v) is 14.4. The zero-order valence-electron chi connectivity index (χ0n) is 14.4. The lowest BCUT2D eigenvalue weighted by atomic mass is 10.1. The molecule has 3 aromatic rings. The summed E-state index contributed by atoms with van der Waals surface area (Å²) in [6, 6.07) is 18.7. The number of hydrogen-bond acceptors (Lipinski definition) is 5. The number of anilines is 3. The summed E-state index contributed by atoms with van der Waals surface area (Å²) in [6.07, 6.45) is 4.76. The van der Waals surface area contributed by atoms with Gasteiger partial charge in [0.15, 0.2) is 5.82 Å². The monoisotopic (exact) mass is 333 g/mol. The summed E-state index contributed by atoms with van der Waals surface area (Å²) < 4.78 is 0. The zero-order chi connectivity index (χ0) is 17.3. The Kier molecular flexibility index (Phi) is 5.93. The van der Waals surface area contributed by atoms with Crippen molar-refractivity contribution >= 4 is 17.5 Å². The summed E-state index contributed by atoms with van der Waals surface area (Å²) >= 11 is 0. The average Bonchev–Trinajstić information content (AvgIpc) is 2.67. The van der Waals surface area contributed by atoms with E-state index in [9.17, 15) is 0 Å². The molecule has 0 radical (unpaired) electrons. The first kappa shape index (κ1) is 16.9. The molecule has 0 amide bonds. The number of aryl methyl sites for hydroxylation is 2. The second kappa shape index (κ2) is 8.78. The van der Waals surface area contributed by atoms with Crippen molar-refractivity contribution in [1.82, 2.24) is 15.2 Å². The van der Waals surface area contributed by atoms with E-state index in [4.69, 9.17) is 0 Å². The molecule has 5 nitrogen and oxygen atoms in total. The van der Waals surface area contributed by atoms with Gasteiger partial charge in [0.25, 0.3) is 0 Å². The van der Waals surface area contributed by atoms with Gasteiger partial charge in [-0.25, -0.2) is 0 Å². The van der Waals surface area contributed by atoms with Gasteiger partial charge in [0, 0.05) is 12.2 Å². The van der Waals surface area contributed by atoms with Crippen molar-refractivity contribution in [3.8, 4) is 0 Å². The highest BCUT2D eigenvalue weighted by Gasteiger charge is 2.01. The van der Waals surface area contributed by atoms with Gasteiger partial charge in [-0.05, 0) is 42.5 Å². The Balaban J connectivity index is 1.50. The molecule has 0 aliphatic heterocycles. The van der Waals surface area contributed by atoms with Crippen molar-refractivity contribution in [1.29, 1.82) is 0 Å². The van der Waals surface area contributed by atoms with Gasteiger partial charge < -0.3 is 10.6 Å². The van der Waals surface area contributed by atoms with Crippen LogP contribution in [0.25, 0.3) is 0 Å². The highest BCUT2D eigenvalue weighted by atomic mass is 15.3. The lowest BCUT2D eigenvalue weighted by Crippen LogP contribution is -2.07. The molecule has 25 heavy (non-hydrogen) atoms. The van der Waals surface area contributed by atoms with Crippen LogP contribution in [-0.2, 0) is 12.8 Å². The molecule has 2 aromatic carbocycles. The average molecular weight is 333 g/mol. The highest BCUT2D eigenvalue weighted by Crippen LogP contribution is 2.15. The molecule has 0 fully saturated rings. The first-order chi connectivity index (χ1) is 12.3. The minimum atomic E-state index is 0.498. The molecule has 0 aliphatic carbocycles. The van der Waals surface area contributed by atoms with Crippen molar-refractivity contribution in [2.45, 2.75) is 26.2 Å². The molecule has 2 N–H and O–H groups in total. The van der Waals surface area contributed by atoms with Crippen LogP contribution in [0.5, 0.6) is 0 Å². The fourth-order valence-electron chi connectivity index (χ4n) is 2.55. The lowest BCUT2D eigenvalue weighted by Gasteiger charge is -2.08. The molecule has 1 heterocycles. The van der Waals surface area contributed by atoms with Crippen LogP contribution in [0.15, 0.2) is 60.8 Å². The number of nitrogens with one attached hydrogen (secondary N) is 2. The molecular weight excluding hydrogens is 310 g/mol. The maximum Gasteiger partial charge on any atom is 0.249 e. The van der Waals surface area contributed by atoms with Gasteiger partial charge in [-0.1, -0.05) is 49.4 Å². The maximum atomic E-state index is 4.46. The van der Waals surface area contributed by atoms with Crippen molar-refractivity contribution in [2.75, 3.05) is 17.2 Å². The Morgan fingerprint density at radius 2 is 1.72 bits per heavy atom. The number of nitrogens with zero attached hydrogens (tertiary/aromatic N) is 3. The third-order valence-corrected chi connectivity index (χ3v) is 3.97. The van der Waals surface area contributed by atoms with Gasteiger partial charge in [-0.3, -0.25) is 0 Å². The summed E-state index contributed by atoms with van der Waals surface area (Å²) in [6.45, 7) is 2.99. The van der Waals surface area contributed by atoms with Crippen molar-refractivity contribution in [2.24, 2.45) is 0 Å². The van der Waals surface area contributed by atoms with Crippen molar-refractivity contribution in [3.63, 3.8) is 0 Å². The predicted octanol–water partition coefficient (Wildman–Crippen LogP) is 4.22. The highest BCUT2D eigenvalue weighted by molar-refractivity contribution is 5.54. The largest absolute Gasteiger partial charge is 0.369 e. The van der Waals surface area contributed by atoms with Gasteiger partial charge >= 0.3 is 0 Å². The first-order valence-electron chi connectivity index (χ1n) is 8.67. The first-order valence-corrected chi connectivity index (χ1v) is 8.67. The fraction of sp³-hybridized carbons (Fsp3) is 0.250. The third-order valence-electron chi connectivity index (χ3n) is 3.97. The molecule has 0 saturated carbocycles. The summed E-state index contributed by atoms with van der Waals surface area (Å²) in [4.78, 5) is 4.46. The fourth-order valence-corrected chi connectivity index (χ4v) is 2.55. The standard InChI is InChI=1S/C20H23N5/c1-2-16-10-12-18(13-11-16)23-20-24-19(15-22-25-20)21-14-6-9-17-7-4-3-5-8-17/h3-5,7-8,10-13,15H,2,6,9,14H2,1H3,(H2,21,23,24,25). The smallest absolute Gasteiger partial charge is 0.249 e. The van der Waals surface area contributed by atoms with Crippen LogP contribution in [-0.4, -0.2) is 21.7 Å². The minimum Gasteiger partial charge on any atom is -0.369 e. The van der Waals surface area contributed by atoms with E-state index in [1.54, 1.807) is 6.20 Å². The Bertz CT molecular complexity index is 772. The van der Waals surface area contributed by atoms with Gasteiger partial charge in [-0.15, -0.1) is 5.10 Å². The van der Waals surface area contributed by atoms with E-state index in [1.807, 2.05) is 18.2 Å². The third kappa shape index (κ3) is 5.28. The molecule has 0 bridgehead atoms.